The smallest absolute Gasteiger partial charge is 0.145 e. The molecule has 0 amide bonds. The van der Waals surface area contributed by atoms with Gasteiger partial charge in [0.1, 0.15) is 6.29 Å². The van der Waals surface area contributed by atoms with Gasteiger partial charge in [0.15, 0.2) is 0 Å². The van der Waals surface area contributed by atoms with Crippen LogP contribution < -0.4 is 0 Å². The Balaban J connectivity index is 2.05. The minimum Gasteiger partial charge on any atom is -0.375 e. The van der Waals surface area contributed by atoms with Crippen LogP contribution in [0.5, 0.6) is 0 Å². The second-order valence-corrected chi connectivity index (χ2v) is 3.74. The third kappa shape index (κ3) is 1.31. The van der Waals surface area contributed by atoms with Crippen LogP contribution in [0.1, 0.15) is 32.1 Å². The lowest BCUT2D eigenvalue weighted by molar-refractivity contribution is -0.105. The maximum absolute atomic E-state index is 10.5. The highest BCUT2D eigenvalue weighted by Crippen LogP contribution is 2.37. The van der Waals surface area contributed by atoms with Crippen molar-refractivity contribution in [3.63, 3.8) is 0 Å². The predicted octanol–water partition coefficient (Wildman–Crippen LogP) is 1.84. The molecule has 0 aromatic heterocycles. The summed E-state index contributed by atoms with van der Waals surface area (Å²) in [6.45, 7) is 0.907. The highest BCUT2D eigenvalue weighted by molar-refractivity contribution is 5.73. The molecule has 1 unspecified atom stereocenters. The maximum atomic E-state index is 10.5. The summed E-state index contributed by atoms with van der Waals surface area (Å²) in [4.78, 5) is 10.5. The van der Waals surface area contributed by atoms with Crippen LogP contribution in [0.2, 0.25) is 0 Å². The molecule has 0 bridgehead atoms. The molecule has 12 heavy (non-hydrogen) atoms. The van der Waals surface area contributed by atoms with Crippen LogP contribution in [-0.2, 0) is 9.53 Å². The van der Waals surface area contributed by atoms with Crippen molar-refractivity contribution < 1.29 is 9.53 Å². The topological polar surface area (TPSA) is 26.3 Å². The third-order valence-corrected chi connectivity index (χ3v) is 2.94. The Morgan fingerprint density at radius 1 is 1.50 bits per heavy atom. The number of hydrogen-bond acceptors (Lipinski definition) is 2. The fourth-order valence-electron chi connectivity index (χ4n) is 2.11. The lowest BCUT2D eigenvalue weighted by Gasteiger charge is -2.30. The molecule has 1 saturated heterocycles. The molecule has 1 fully saturated rings. The first kappa shape index (κ1) is 7.99. The minimum absolute atomic E-state index is 0.118. The van der Waals surface area contributed by atoms with Gasteiger partial charge in [-0.3, -0.25) is 4.79 Å². The van der Waals surface area contributed by atoms with Crippen LogP contribution in [0.25, 0.3) is 0 Å². The molecule has 0 saturated carbocycles. The first-order valence-corrected chi connectivity index (χ1v) is 4.63. The van der Waals surface area contributed by atoms with E-state index in [1.54, 1.807) is 0 Å². The van der Waals surface area contributed by atoms with Crippen LogP contribution in [0, 0.1) is 0 Å². The summed E-state index contributed by atoms with van der Waals surface area (Å²) in [6.07, 6.45) is 8.27. The molecule has 1 spiro atoms. The quantitative estimate of drug-likeness (QED) is 0.556. The molecule has 2 aliphatic rings. The predicted molar refractivity (Wildman–Crippen MR) is 45.9 cm³/mol. The highest BCUT2D eigenvalue weighted by atomic mass is 16.5. The van der Waals surface area contributed by atoms with E-state index in [-0.39, 0.29) is 5.60 Å². The van der Waals surface area contributed by atoms with Crippen molar-refractivity contribution in [1.82, 2.24) is 0 Å². The fourth-order valence-corrected chi connectivity index (χ4v) is 2.11. The van der Waals surface area contributed by atoms with Gasteiger partial charge >= 0.3 is 0 Å². The van der Waals surface area contributed by atoms with Crippen LogP contribution in [-0.4, -0.2) is 18.5 Å². The standard InChI is InChI=1S/C10H14O2/c11-8-9-2-5-10(6-3-9)4-1-7-12-10/h2,8H,1,3-7H2. The lowest BCUT2D eigenvalue weighted by Crippen LogP contribution is -2.29. The molecule has 1 heterocycles. The van der Waals surface area contributed by atoms with E-state index in [0.717, 1.165) is 37.7 Å². The number of aldehydes is 1. The molecule has 0 N–H and O–H groups in total. The van der Waals surface area contributed by atoms with Crippen molar-refractivity contribution in [2.24, 2.45) is 0 Å². The Morgan fingerprint density at radius 3 is 2.92 bits per heavy atom. The summed E-state index contributed by atoms with van der Waals surface area (Å²) in [5.41, 5.74) is 1.07. The number of ether oxygens (including phenoxy) is 1. The average molecular weight is 166 g/mol. The van der Waals surface area contributed by atoms with Crippen molar-refractivity contribution in [2.45, 2.75) is 37.7 Å². The Hall–Kier alpha value is -0.630. The second-order valence-electron chi connectivity index (χ2n) is 3.74. The average Bonchev–Trinajstić information content (AvgIpc) is 2.55. The number of rotatable bonds is 1. The molecular weight excluding hydrogens is 152 g/mol. The summed E-state index contributed by atoms with van der Waals surface area (Å²) in [5, 5.41) is 0. The summed E-state index contributed by atoms with van der Waals surface area (Å²) >= 11 is 0. The molecule has 0 radical (unpaired) electrons. The maximum Gasteiger partial charge on any atom is 0.145 e. The molecule has 1 aliphatic heterocycles. The van der Waals surface area contributed by atoms with Crippen molar-refractivity contribution in [2.75, 3.05) is 6.61 Å². The Bertz CT molecular complexity index is 212. The van der Waals surface area contributed by atoms with E-state index in [4.69, 9.17) is 4.74 Å². The van der Waals surface area contributed by atoms with E-state index in [1.165, 1.54) is 12.8 Å². The van der Waals surface area contributed by atoms with Crippen molar-refractivity contribution in [1.29, 1.82) is 0 Å². The Morgan fingerprint density at radius 2 is 2.42 bits per heavy atom. The van der Waals surface area contributed by atoms with E-state index in [1.807, 2.05) is 6.08 Å². The normalized spacial score (nSPS) is 35.2. The second kappa shape index (κ2) is 3.02. The first-order chi connectivity index (χ1) is 5.85. The van der Waals surface area contributed by atoms with Gasteiger partial charge in [0.2, 0.25) is 0 Å². The molecule has 0 aromatic rings. The van der Waals surface area contributed by atoms with Gasteiger partial charge in [0.05, 0.1) is 5.60 Å². The zero-order valence-corrected chi connectivity index (χ0v) is 7.21. The molecule has 1 aliphatic carbocycles. The van der Waals surface area contributed by atoms with Gasteiger partial charge in [-0.1, -0.05) is 6.08 Å². The summed E-state index contributed by atoms with van der Waals surface area (Å²) in [5.74, 6) is 0. The minimum atomic E-state index is 0.118. The van der Waals surface area contributed by atoms with Crippen LogP contribution >= 0.6 is 0 Å². The zero-order chi connectivity index (χ0) is 8.44. The summed E-state index contributed by atoms with van der Waals surface area (Å²) in [7, 11) is 0. The monoisotopic (exact) mass is 166 g/mol. The summed E-state index contributed by atoms with van der Waals surface area (Å²) in [6, 6.07) is 0. The molecule has 2 rings (SSSR count). The van der Waals surface area contributed by atoms with Crippen molar-refractivity contribution in [3.8, 4) is 0 Å². The Kier molecular flexibility index (Phi) is 2.01. The van der Waals surface area contributed by atoms with Gasteiger partial charge < -0.3 is 4.74 Å². The van der Waals surface area contributed by atoms with Crippen molar-refractivity contribution in [3.05, 3.63) is 11.6 Å². The number of allylic oxidation sites excluding steroid dienone is 1. The van der Waals surface area contributed by atoms with Gasteiger partial charge in [-0.15, -0.1) is 0 Å². The number of carbonyl (C=O) groups excluding carboxylic acids is 1. The van der Waals surface area contributed by atoms with Crippen LogP contribution in [0.15, 0.2) is 11.6 Å². The van der Waals surface area contributed by atoms with Crippen molar-refractivity contribution >= 4 is 6.29 Å². The van der Waals surface area contributed by atoms with Crippen LogP contribution in [0.4, 0.5) is 0 Å². The molecular formula is C10H14O2. The van der Waals surface area contributed by atoms with E-state index in [9.17, 15) is 4.79 Å². The van der Waals surface area contributed by atoms with Gasteiger partial charge in [0.25, 0.3) is 0 Å². The van der Waals surface area contributed by atoms with Gasteiger partial charge in [-0.05, 0) is 37.7 Å². The van der Waals surface area contributed by atoms with E-state index >= 15 is 0 Å². The van der Waals surface area contributed by atoms with Gasteiger partial charge in [-0.2, -0.15) is 0 Å². The van der Waals surface area contributed by atoms with Gasteiger partial charge in [-0.25, -0.2) is 0 Å². The molecule has 1 atom stereocenters. The molecule has 0 aromatic carbocycles. The highest BCUT2D eigenvalue weighted by Gasteiger charge is 2.35. The summed E-state index contributed by atoms with van der Waals surface area (Å²) < 4.78 is 5.71. The zero-order valence-electron chi connectivity index (χ0n) is 7.21. The SMILES string of the molecule is O=CC1=CCC2(CCCO2)CC1. The Labute approximate surface area is 72.6 Å². The molecule has 2 heteroatoms. The number of hydrogen-bond donors (Lipinski definition) is 0. The molecule has 66 valence electrons. The first-order valence-electron chi connectivity index (χ1n) is 4.63. The lowest BCUT2D eigenvalue weighted by atomic mass is 9.84. The fraction of sp³-hybridized carbons (Fsp3) is 0.700. The van der Waals surface area contributed by atoms with E-state index < -0.39 is 0 Å². The molecule has 2 nitrogen and oxygen atoms in total. The largest absolute Gasteiger partial charge is 0.375 e. The van der Waals surface area contributed by atoms with E-state index in [2.05, 4.69) is 0 Å². The van der Waals surface area contributed by atoms with Gasteiger partial charge in [0, 0.05) is 6.61 Å². The van der Waals surface area contributed by atoms with Crippen LogP contribution in [0.3, 0.4) is 0 Å². The third-order valence-electron chi connectivity index (χ3n) is 2.94. The van der Waals surface area contributed by atoms with E-state index in [0.29, 0.717) is 0 Å². The number of carbonyl (C=O) groups is 1.